The van der Waals surface area contributed by atoms with Crippen LogP contribution >= 0.6 is 0 Å². The highest BCUT2D eigenvalue weighted by Gasteiger charge is 2.30. The van der Waals surface area contributed by atoms with Crippen LogP contribution in [0, 0.1) is 0 Å². The second kappa shape index (κ2) is 6.46. The zero-order chi connectivity index (χ0) is 18.1. The third-order valence-electron chi connectivity index (χ3n) is 4.38. The molecule has 0 aliphatic carbocycles. The minimum atomic E-state index is -0.663. The molecule has 8 heteroatoms. The van der Waals surface area contributed by atoms with Gasteiger partial charge in [-0.05, 0) is 12.1 Å². The van der Waals surface area contributed by atoms with Crippen molar-refractivity contribution in [1.82, 2.24) is 14.5 Å². The van der Waals surface area contributed by atoms with Crippen LogP contribution in [0.3, 0.4) is 0 Å². The van der Waals surface area contributed by atoms with Crippen molar-refractivity contribution in [2.24, 2.45) is 14.1 Å². The summed E-state index contributed by atoms with van der Waals surface area (Å²) in [4.78, 5) is 38.1. The van der Waals surface area contributed by atoms with Gasteiger partial charge in [-0.25, -0.2) is 4.79 Å². The molecule has 0 spiro atoms. The fourth-order valence-corrected chi connectivity index (χ4v) is 2.88. The number of nitrogens with one attached hydrogen (secondary N) is 1. The number of carbonyl (C=O) groups excluding carboxylic acids is 1. The fourth-order valence-electron chi connectivity index (χ4n) is 2.88. The third kappa shape index (κ3) is 3.02. The largest absolute Gasteiger partial charge is 0.477 e. The molecule has 1 aromatic heterocycles. The molecule has 1 aliphatic heterocycles. The molecule has 0 saturated heterocycles. The van der Waals surface area contributed by atoms with E-state index in [0.717, 1.165) is 10.3 Å². The first-order valence-corrected chi connectivity index (χ1v) is 7.90. The maximum atomic E-state index is 12.1. The number of para-hydroxylation sites is 2. The van der Waals surface area contributed by atoms with Gasteiger partial charge in [-0.2, -0.15) is 0 Å². The Morgan fingerprint density at radius 1 is 1.24 bits per heavy atom. The number of nitrogens with zero attached hydrogens (tertiary/aromatic N) is 3. The summed E-state index contributed by atoms with van der Waals surface area (Å²) in [6.45, 7) is 0.635. The molecule has 0 bridgehead atoms. The molecule has 3 rings (SSSR count). The zero-order valence-electron chi connectivity index (χ0n) is 14.4. The molecule has 25 heavy (non-hydrogen) atoms. The highest BCUT2D eigenvalue weighted by atomic mass is 16.5. The second-order valence-electron chi connectivity index (χ2n) is 5.94. The first kappa shape index (κ1) is 16.8. The molecule has 0 fully saturated rings. The van der Waals surface area contributed by atoms with Gasteiger partial charge in [0.05, 0.1) is 18.8 Å². The number of hydrogen-bond acceptors (Lipinski definition) is 5. The molecule has 0 unspecified atom stereocenters. The van der Waals surface area contributed by atoms with Crippen LogP contribution in [0.25, 0.3) is 0 Å². The molecule has 1 amide bonds. The number of benzene rings is 1. The van der Waals surface area contributed by atoms with Crippen LogP contribution in [0.2, 0.25) is 0 Å². The van der Waals surface area contributed by atoms with E-state index in [1.54, 1.807) is 20.2 Å². The molecule has 8 nitrogen and oxygen atoms in total. The number of anilines is 1. The maximum absolute atomic E-state index is 12.1. The minimum absolute atomic E-state index is 0.225. The standard InChI is InChI=1S/C17H20N4O4/c1-18-16(23)14-10-21(12-6-4-5-7-13(12)25-14)9-11-8-15(22)20(3)17(24)19(11)2/h4-8,14H,9-10H2,1-3H3,(H,18,23)/t14-/m1/s1. The highest BCUT2D eigenvalue weighted by molar-refractivity contribution is 5.83. The van der Waals surface area contributed by atoms with E-state index in [1.807, 2.05) is 23.1 Å². The molecule has 0 radical (unpaired) electrons. The Morgan fingerprint density at radius 2 is 1.96 bits per heavy atom. The summed E-state index contributed by atoms with van der Waals surface area (Å²) in [5.41, 5.74) is 0.644. The lowest BCUT2D eigenvalue weighted by Gasteiger charge is -2.35. The van der Waals surface area contributed by atoms with E-state index in [-0.39, 0.29) is 17.2 Å². The van der Waals surface area contributed by atoms with Crippen LogP contribution in [0.4, 0.5) is 5.69 Å². The summed E-state index contributed by atoms with van der Waals surface area (Å²) in [5.74, 6) is 0.369. The smallest absolute Gasteiger partial charge is 0.330 e. The molecule has 1 aromatic carbocycles. The van der Waals surface area contributed by atoms with Gasteiger partial charge >= 0.3 is 5.69 Å². The van der Waals surface area contributed by atoms with Crippen LogP contribution in [-0.2, 0) is 25.4 Å². The number of amides is 1. The van der Waals surface area contributed by atoms with Gasteiger partial charge < -0.3 is 15.0 Å². The number of rotatable bonds is 3. The monoisotopic (exact) mass is 344 g/mol. The Balaban J connectivity index is 2.00. The highest BCUT2D eigenvalue weighted by Crippen LogP contribution is 2.33. The Labute approximate surface area is 144 Å². The van der Waals surface area contributed by atoms with Gasteiger partial charge in [0, 0.05) is 32.9 Å². The van der Waals surface area contributed by atoms with Crippen molar-refractivity contribution in [1.29, 1.82) is 0 Å². The van der Waals surface area contributed by atoms with E-state index in [1.165, 1.54) is 17.7 Å². The second-order valence-corrected chi connectivity index (χ2v) is 5.94. The van der Waals surface area contributed by atoms with E-state index in [4.69, 9.17) is 4.74 Å². The Hall–Kier alpha value is -3.03. The SMILES string of the molecule is CNC(=O)[C@H]1CN(Cc2cc(=O)n(C)c(=O)n2C)c2ccccc2O1. The Morgan fingerprint density at radius 3 is 2.68 bits per heavy atom. The summed E-state index contributed by atoms with van der Waals surface area (Å²) in [6, 6.07) is 8.82. The fraction of sp³-hybridized carbons (Fsp3) is 0.353. The number of hydrogen-bond donors (Lipinski definition) is 1. The van der Waals surface area contributed by atoms with Gasteiger partial charge in [0.2, 0.25) is 0 Å². The molecular formula is C17H20N4O4. The molecular weight excluding hydrogens is 324 g/mol. The number of fused-ring (bicyclic) bond motifs is 1. The van der Waals surface area contributed by atoms with E-state index >= 15 is 0 Å². The van der Waals surface area contributed by atoms with Crippen LogP contribution in [0.1, 0.15) is 5.69 Å². The van der Waals surface area contributed by atoms with Crippen LogP contribution < -0.4 is 26.2 Å². The zero-order valence-corrected chi connectivity index (χ0v) is 14.4. The van der Waals surface area contributed by atoms with Gasteiger partial charge in [0.25, 0.3) is 11.5 Å². The van der Waals surface area contributed by atoms with Crippen molar-refractivity contribution in [3.8, 4) is 5.75 Å². The summed E-state index contributed by atoms with van der Waals surface area (Å²) in [7, 11) is 4.63. The summed E-state index contributed by atoms with van der Waals surface area (Å²) >= 11 is 0. The van der Waals surface area contributed by atoms with Crippen molar-refractivity contribution in [2.45, 2.75) is 12.6 Å². The lowest BCUT2D eigenvalue weighted by atomic mass is 10.1. The maximum Gasteiger partial charge on any atom is 0.330 e. The van der Waals surface area contributed by atoms with Gasteiger partial charge in [-0.1, -0.05) is 12.1 Å². The average Bonchev–Trinajstić information content (AvgIpc) is 2.63. The summed E-state index contributed by atoms with van der Waals surface area (Å²) < 4.78 is 8.26. The summed E-state index contributed by atoms with van der Waals surface area (Å²) in [6.07, 6.45) is -0.663. The lowest BCUT2D eigenvalue weighted by Crippen LogP contribution is -2.48. The normalized spacial score (nSPS) is 16.1. The quantitative estimate of drug-likeness (QED) is 0.819. The first-order valence-electron chi connectivity index (χ1n) is 7.90. The Kier molecular flexibility index (Phi) is 4.35. The average molecular weight is 344 g/mol. The predicted molar refractivity (Wildman–Crippen MR) is 92.9 cm³/mol. The molecule has 1 N–H and O–H groups in total. The van der Waals surface area contributed by atoms with Gasteiger partial charge in [0.1, 0.15) is 5.75 Å². The van der Waals surface area contributed by atoms with Gasteiger partial charge in [-0.15, -0.1) is 0 Å². The van der Waals surface area contributed by atoms with Gasteiger partial charge in [-0.3, -0.25) is 18.7 Å². The van der Waals surface area contributed by atoms with Crippen molar-refractivity contribution in [2.75, 3.05) is 18.5 Å². The molecule has 0 saturated carbocycles. The Bertz CT molecular complexity index is 931. The predicted octanol–water partition coefficient (Wildman–Crippen LogP) is -0.402. The van der Waals surface area contributed by atoms with Crippen molar-refractivity contribution in [3.63, 3.8) is 0 Å². The molecule has 1 atom stereocenters. The van der Waals surface area contributed by atoms with Gasteiger partial charge in [0.15, 0.2) is 6.10 Å². The van der Waals surface area contributed by atoms with Crippen LogP contribution in [0.5, 0.6) is 5.75 Å². The molecule has 2 aromatic rings. The van der Waals surface area contributed by atoms with Crippen LogP contribution in [0.15, 0.2) is 39.9 Å². The van der Waals surface area contributed by atoms with Crippen molar-refractivity contribution in [3.05, 3.63) is 56.9 Å². The molecule has 1 aliphatic rings. The molecule has 2 heterocycles. The lowest BCUT2D eigenvalue weighted by molar-refractivity contribution is -0.127. The number of aromatic nitrogens is 2. The summed E-state index contributed by atoms with van der Waals surface area (Å²) in [5, 5.41) is 2.59. The minimum Gasteiger partial charge on any atom is -0.477 e. The van der Waals surface area contributed by atoms with E-state index in [2.05, 4.69) is 5.32 Å². The van der Waals surface area contributed by atoms with Crippen molar-refractivity contribution < 1.29 is 9.53 Å². The third-order valence-corrected chi connectivity index (χ3v) is 4.38. The molecule has 132 valence electrons. The van der Waals surface area contributed by atoms with E-state index in [9.17, 15) is 14.4 Å². The number of likely N-dealkylation sites (N-methyl/N-ethyl adjacent to an activating group) is 1. The number of ether oxygens (including phenoxy) is 1. The van der Waals surface area contributed by atoms with Crippen LogP contribution in [-0.4, -0.2) is 34.7 Å². The first-order chi connectivity index (χ1) is 11.9. The topological polar surface area (TPSA) is 85.6 Å². The van der Waals surface area contributed by atoms with E-state index < -0.39 is 6.10 Å². The van der Waals surface area contributed by atoms with Crippen molar-refractivity contribution >= 4 is 11.6 Å². The van der Waals surface area contributed by atoms with E-state index in [0.29, 0.717) is 24.5 Å². The number of carbonyl (C=O) groups is 1.